The van der Waals surface area contributed by atoms with Gasteiger partial charge >= 0.3 is 0 Å². The number of carbonyl (C=O) groups excluding carboxylic acids is 1. The number of nitrogens with one attached hydrogen (secondary N) is 2. The third-order valence-electron chi connectivity index (χ3n) is 5.69. The number of fused-ring (bicyclic) bond motifs is 1. The number of nitro benzene ring substituents is 1. The van der Waals surface area contributed by atoms with Gasteiger partial charge in [-0.1, -0.05) is 18.2 Å². The van der Waals surface area contributed by atoms with Gasteiger partial charge in [0.1, 0.15) is 6.04 Å². The number of anilines is 1. The Morgan fingerprint density at radius 2 is 1.82 bits per heavy atom. The fraction of sp³-hybridized carbons (Fsp3) is 0.286. The second kappa shape index (κ2) is 7.44. The topological polar surface area (TPSA) is 83.7 Å². The molecule has 0 saturated carbocycles. The van der Waals surface area contributed by atoms with Gasteiger partial charge in [0, 0.05) is 40.5 Å². The second-order valence-electron chi connectivity index (χ2n) is 7.25. The van der Waals surface area contributed by atoms with Gasteiger partial charge in [-0.05, 0) is 25.1 Å². The number of Topliss-reactive ketones (excluding diaryl/α,β-unsaturated/α-hetero) is 1. The van der Waals surface area contributed by atoms with Crippen molar-refractivity contribution in [2.75, 3.05) is 31.1 Å². The normalized spacial score (nSPS) is 16.2. The van der Waals surface area contributed by atoms with Crippen molar-refractivity contribution in [3.05, 3.63) is 70.4 Å². The number of non-ortho nitro benzene ring substituents is 1. The number of ketones is 1. The van der Waals surface area contributed by atoms with Crippen LogP contribution in [0.1, 0.15) is 17.3 Å². The van der Waals surface area contributed by atoms with E-state index in [9.17, 15) is 14.9 Å². The van der Waals surface area contributed by atoms with E-state index in [1.54, 1.807) is 12.1 Å². The number of hydrogen-bond donors (Lipinski definition) is 2. The Labute approximate surface area is 162 Å². The number of carbonyl (C=O) groups is 1. The van der Waals surface area contributed by atoms with Crippen molar-refractivity contribution < 1.29 is 14.6 Å². The molecule has 1 aromatic heterocycles. The molecule has 144 valence electrons. The summed E-state index contributed by atoms with van der Waals surface area (Å²) in [5.41, 5.74) is 2.83. The number of para-hydroxylation sites is 1. The van der Waals surface area contributed by atoms with Crippen LogP contribution in [-0.2, 0) is 0 Å². The molecule has 7 heteroatoms. The minimum absolute atomic E-state index is 0.103. The van der Waals surface area contributed by atoms with E-state index in [2.05, 4.69) is 9.88 Å². The van der Waals surface area contributed by atoms with Gasteiger partial charge in [-0.15, -0.1) is 0 Å². The molecular weight excluding hydrogens is 356 g/mol. The van der Waals surface area contributed by atoms with E-state index in [4.69, 9.17) is 0 Å². The summed E-state index contributed by atoms with van der Waals surface area (Å²) < 4.78 is 0. The zero-order valence-electron chi connectivity index (χ0n) is 15.7. The molecule has 0 aliphatic carbocycles. The Morgan fingerprint density at radius 3 is 2.50 bits per heavy atom. The Morgan fingerprint density at radius 1 is 1.14 bits per heavy atom. The van der Waals surface area contributed by atoms with Crippen LogP contribution in [0.25, 0.3) is 10.9 Å². The van der Waals surface area contributed by atoms with Crippen molar-refractivity contribution in [2.24, 2.45) is 0 Å². The lowest BCUT2D eigenvalue weighted by Crippen LogP contribution is -3.18. The molecule has 0 unspecified atom stereocenters. The molecule has 7 nitrogen and oxygen atoms in total. The number of H-pyrrole nitrogens is 1. The first-order chi connectivity index (χ1) is 13.5. The summed E-state index contributed by atoms with van der Waals surface area (Å²) in [5, 5.41) is 11.8. The van der Waals surface area contributed by atoms with E-state index in [0.717, 1.165) is 48.3 Å². The molecule has 0 bridgehead atoms. The quantitative estimate of drug-likeness (QED) is 0.404. The molecule has 2 heterocycles. The number of quaternary nitrogens is 1. The van der Waals surface area contributed by atoms with Crippen LogP contribution in [-0.4, -0.2) is 47.9 Å². The van der Waals surface area contributed by atoms with E-state index in [0.29, 0.717) is 0 Å². The summed E-state index contributed by atoms with van der Waals surface area (Å²) in [6, 6.07) is 14.4. The minimum atomic E-state index is -0.385. The lowest BCUT2D eigenvalue weighted by molar-refractivity contribution is -0.914. The highest BCUT2D eigenvalue weighted by Gasteiger charge is 2.31. The summed E-state index contributed by atoms with van der Waals surface area (Å²) >= 11 is 0. The number of aromatic amines is 1. The summed E-state index contributed by atoms with van der Waals surface area (Å²) in [6.07, 6.45) is 1.82. The smallest absolute Gasteiger partial charge is 0.269 e. The number of aromatic nitrogens is 1. The van der Waals surface area contributed by atoms with Crippen LogP contribution < -0.4 is 9.80 Å². The van der Waals surface area contributed by atoms with Gasteiger partial charge in [0.05, 0.1) is 31.1 Å². The number of hydrogen-bond acceptors (Lipinski definition) is 4. The largest absolute Gasteiger partial charge is 0.360 e. The first-order valence-corrected chi connectivity index (χ1v) is 9.49. The zero-order chi connectivity index (χ0) is 19.7. The highest BCUT2D eigenvalue weighted by molar-refractivity contribution is 6.09. The first-order valence-electron chi connectivity index (χ1n) is 9.49. The van der Waals surface area contributed by atoms with Crippen LogP contribution in [0.2, 0.25) is 0 Å². The van der Waals surface area contributed by atoms with E-state index in [1.165, 1.54) is 17.0 Å². The third-order valence-corrected chi connectivity index (χ3v) is 5.69. The average Bonchev–Trinajstić information content (AvgIpc) is 3.17. The Balaban J connectivity index is 1.41. The maximum atomic E-state index is 13.1. The molecule has 4 rings (SSSR count). The molecule has 0 amide bonds. The predicted octanol–water partition coefficient (Wildman–Crippen LogP) is 2.05. The number of benzene rings is 2. The molecule has 1 atom stereocenters. The minimum Gasteiger partial charge on any atom is -0.360 e. The van der Waals surface area contributed by atoms with Gasteiger partial charge in [-0.25, -0.2) is 0 Å². The molecular formula is C21H23N4O3+. The molecule has 1 aliphatic rings. The number of nitro groups is 1. The second-order valence-corrected chi connectivity index (χ2v) is 7.25. The van der Waals surface area contributed by atoms with E-state index >= 15 is 0 Å². The van der Waals surface area contributed by atoms with Crippen molar-refractivity contribution in [1.29, 1.82) is 0 Å². The Kier molecular flexibility index (Phi) is 4.83. The van der Waals surface area contributed by atoms with Crippen LogP contribution in [0, 0.1) is 10.1 Å². The maximum Gasteiger partial charge on any atom is 0.269 e. The molecule has 2 aromatic carbocycles. The van der Waals surface area contributed by atoms with Gasteiger partial charge in [0.2, 0.25) is 5.78 Å². The van der Waals surface area contributed by atoms with Gasteiger partial charge in [0.15, 0.2) is 0 Å². The third kappa shape index (κ3) is 3.36. The molecule has 3 aromatic rings. The summed E-state index contributed by atoms with van der Waals surface area (Å²) in [7, 11) is 0. The number of nitrogens with zero attached hydrogens (tertiary/aromatic N) is 2. The standard InChI is InChI=1S/C21H22N4O3/c1-15(21(26)19-14-22-20-5-3-2-4-18(19)20)23-10-12-24(13-11-23)16-6-8-17(9-7-16)25(27)28/h2-9,14-15,22H,10-13H2,1H3/p+1/t15-/m1/s1. The molecule has 1 fully saturated rings. The van der Waals surface area contributed by atoms with Crippen molar-refractivity contribution >= 4 is 28.1 Å². The van der Waals surface area contributed by atoms with Crippen molar-refractivity contribution in [1.82, 2.24) is 4.98 Å². The Bertz CT molecular complexity index is 1000. The first kappa shape index (κ1) is 18.2. The van der Waals surface area contributed by atoms with E-state index in [-0.39, 0.29) is 22.4 Å². The molecule has 1 saturated heterocycles. The molecule has 2 N–H and O–H groups in total. The van der Waals surface area contributed by atoms with Crippen LogP contribution in [0.3, 0.4) is 0 Å². The van der Waals surface area contributed by atoms with Crippen molar-refractivity contribution in [3.8, 4) is 0 Å². The summed E-state index contributed by atoms with van der Waals surface area (Å²) in [6.45, 7) is 5.34. The van der Waals surface area contributed by atoms with Crippen molar-refractivity contribution in [2.45, 2.75) is 13.0 Å². The van der Waals surface area contributed by atoms with Crippen LogP contribution in [0.15, 0.2) is 54.7 Å². The van der Waals surface area contributed by atoms with Crippen molar-refractivity contribution in [3.63, 3.8) is 0 Å². The summed E-state index contributed by atoms with van der Waals surface area (Å²) in [5.74, 6) is 0.163. The van der Waals surface area contributed by atoms with Gasteiger partial charge in [-0.3, -0.25) is 14.9 Å². The number of piperazine rings is 1. The molecule has 1 aliphatic heterocycles. The maximum absolute atomic E-state index is 13.1. The fourth-order valence-electron chi connectivity index (χ4n) is 3.96. The molecule has 0 radical (unpaired) electrons. The highest BCUT2D eigenvalue weighted by Crippen LogP contribution is 2.20. The fourth-order valence-corrected chi connectivity index (χ4v) is 3.96. The van der Waals surface area contributed by atoms with Gasteiger partial charge in [-0.2, -0.15) is 0 Å². The lowest BCUT2D eigenvalue weighted by atomic mass is 10.0. The molecule has 28 heavy (non-hydrogen) atoms. The highest BCUT2D eigenvalue weighted by atomic mass is 16.6. The van der Waals surface area contributed by atoms with Gasteiger partial charge < -0.3 is 14.8 Å². The van der Waals surface area contributed by atoms with E-state index in [1.807, 2.05) is 37.4 Å². The van der Waals surface area contributed by atoms with Gasteiger partial charge in [0.25, 0.3) is 5.69 Å². The Hall–Kier alpha value is -3.19. The van der Waals surface area contributed by atoms with Crippen LogP contribution in [0.5, 0.6) is 0 Å². The lowest BCUT2D eigenvalue weighted by Gasteiger charge is -2.36. The van der Waals surface area contributed by atoms with Crippen LogP contribution >= 0.6 is 0 Å². The predicted molar refractivity (Wildman–Crippen MR) is 108 cm³/mol. The number of rotatable bonds is 5. The summed E-state index contributed by atoms with van der Waals surface area (Å²) in [4.78, 5) is 30.1. The zero-order valence-corrected chi connectivity index (χ0v) is 15.7. The van der Waals surface area contributed by atoms with E-state index < -0.39 is 0 Å². The SMILES string of the molecule is C[C@H](C(=O)c1c[nH]c2ccccc12)[NH+]1CCN(c2ccc([N+](=O)[O-])cc2)CC1. The average molecular weight is 379 g/mol. The molecule has 0 spiro atoms. The van der Waals surface area contributed by atoms with Crippen LogP contribution in [0.4, 0.5) is 11.4 Å². The monoisotopic (exact) mass is 379 g/mol.